The number of carbonyl (C=O) groups excluding carboxylic acids is 2. The molecule has 1 aromatic carbocycles. The number of hydrogen-bond donors (Lipinski definition) is 2. The molecule has 0 aromatic heterocycles. The van der Waals surface area contributed by atoms with Gasteiger partial charge in [0, 0.05) is 26.4 Å². The molecular formula is C16H24N2O5. The Morgan fingerprint density at radius 2 is 1.52 bits per heavy atom. The topological polar surface area (TPSA) is 85.9 Å². The zero-order chi connectivity index (χ0) is 17.2. The number of rotatable bonds is 9. The van der Waals surface area contributed by atoms with Crippen molar-refractivity contribution in [3.05, 3.63) is 17.7 Å². The highest BCUT2D eigenvalue weighted by atomic mass is 16.5. The van der Waals surface area contributed by atoms with Crippen LogP contribution in [-0.4, -0.2) is 46.2 Å². The minimum Gasteiger partial charge on any atom is -0.493 e. The number of carbonyl (C=O) groups is 2. The van der Waals surface area contributed by atoms with E-state index in [0.717, 1.165) is 5.56 Å². The van der Waals surface area contributed by atoms with Gasteiger partial charge in [-0.3, -0.25) is 9.59 Å². The molecule has 1 rings (SSSR count). The van der Waals surface area contributed by atoms with Gasteiger partial charge in [-0.15, -0.1) is 0 Å². The lowest BCUT2D eigenvalue weighted by molar-refractivity contribution is -0.122. The monoisotopic (exact) mass is 324 g/mol. The Kier molecular flexibility index (Phi) is 7.73. The van der Waals surface area contributed by atoms with Crippen LogP contribution in [0.3, 0.4) is 0 Å². The van der Waals surface area contributed by atoms with Gasteiger partial charge in [0.15, 0.2) is 11.5 Å². The van der Waals surface area contributed by atoms with Crippen molar-refractivity contribution in [1.82, 2.24) is 10.6 Å². The standard InChI is InChI=1S/C16H24N2O5/c1-11(19)17-7-8-18-15(20)6-5-12-9-13(21-2)16(23-4)14(10-12)22-3/h9-10H,5-8H2,1-4H3,(H,17,19)(H,18,20). The van der Waals surface area contributed by atoms with Crippen LogP contribution in [0.5, 0.6) is 17.2 Å². The summed E-state index contributed by atoms with van der Waals surface area (Å²) in [6.45, 7) is 2.27. The van der Waals surface area contributed by atoms with Crippen molar-refractivity contribution in [1.29, 1.82) is 0 Å². The molecule has 1 aromatic rings. The molecule has 7 nitrogen and oxygen atoms in total. The van der Waals surface area contributed by atoms with E-state index in [9.17, 15) is 9.59 Å². The summed E-state index contributed by atoms with van der Waals surface area (Å²) in [4.78, 5) is 22.5. The summed E-state index contributed by atoms with van der Waals surface area (Å²) < 4.78 is 15.8. The predicted molar refractivity (Wildman–Crippen MR) is 86.1 cm³/mol. The Labute approximate surface area is 136 Å². The molecule has 0 heterocycles. The third kappa shape index (κ3) is 6.06. The van der Waals surface area contributed by atoms with Crippen molar-refractivity contribution >= 4 is 11.8 Å². The molecule has 0 saturated heterocycles. The fourth-order valence-electron chi connectivity index (χ4n) is 2.07. The molecule has 0 unspecified atom stereocenters. The fourth-order valence-corrected chi connectivity index (χ4v) is 2.07. The third-order valence-corrected chi connectivity index (χ3v) is 3.19. The van der Waals surface area contributed by atoms with Gasteiger partial charge in [-0.1, -0.05) is 0 Å². The van der Waals surface area contributed by atoms with Crippen LogP contribution in [0.25, 0.3) is 0 Å². The lowest BCUT2D eigenvalue weighted by Gasteiger charge is -2.14. The number of hydrogen-bond acceptors (Lipinski definition) is 5. The molecule has 0 bridgehead atoms. The third-order valence-electron chi connectivity index (χ3n) is 3.19. The first-order valence-corrected chi connectivity index (χ1v) is 7.31. The Bertz CT molecular complexity index is 520. The molecule has 7 heteroatoms. The lowest BCUT2D eigenvalue weighted by atomic mass is 10.1. The van der Waals surface area contributed by atoms with E-state index in [-0.39, 0.29) is 11.8 Å². The van der Waals surface area contributed by atoms with Crippen molar-refractivity contribution in [2.45, 2.75) is 19.8 Å². The minimum absolute atomic E-state index is 0.0795. The van der Waals surface area contributed by atoms with Gasteiger partial charge in [0.25, 0.3) is 0 Å². The van der Waals surface area contributed by atoms with E-state index in [0.29, 0.717) is 43.2 Å². The molecule has 23 heavy (non-hydrogen) atoms. The Morgan fingerprint density at radius 1 is 0.957 bits per heavy atom. The molecule has 0 aliphatic heterocycles. The molecule has 0 radical (unpaired) electrons. The van der Waals surface area contributed by atoms with Crippen molar-refractivity contribution in [2.75, 3.05) is 34.4 Å². The van der Waals surface area contributed by atoms with Gasteiger partial charge in [0.1, 0.15) is 0 Å². The van der Waals surface area contributed by atoms with Gasteiger partial charge in [0.2, 0.25) is 17.6 Å². The Morgan fingerprint density at radius 3 is 2.00 bits per heavy atom. The Balaban J connectivity index is 2.57. The largest absolute Gasteiger partial charge is 0.493 e. The first-order valence-electron chi connectivity index (χ1n) is 7.31. The molecule has 0 aliphatic rings. The van der Waals surface area contributed by atoms with E-state index in [1.807, 2.05) is 12.1 Å². The maximum atomic E-state index is 11.8. The summed E-state index contributed by atoms with van der Waals surface area (Å²) in [7, 11) is 4.65. The van der Waals surface area contributed by atoms with Gasteiger partial charge >= 0.3 is 0 Å². The maximum absolute atomic E-state index is 11.8. The predicted octanol–water partition coefficient (Wildman–Crippen LogP) is 0.897. The van der Waals surface area contributed by atoms with Crippen LogP contribution in [0.15, 0.2) is 12.1 Å². The summed E-state index contributed by atoms with van der Waals surface area (Å²) >= 11 is 0. The molecule has 2 N–H and O–H groups in total. The molecule has 0 fully saturated rings. The number of ether oxygens (including phenoxy) is 3. The number of aryl methyl sites for hydroxylation is 1. The van der Waals surface area contributed by atoms with Crippen LogP contribution < -0.4 is 24.8 Å². The molecule has 128 valence electrons. The second kappa shape index (κ2) is 9.55. The fraction of sp³-hybridized carbons (Fsp3) is 0.500. The van der Waals surface area contributed by atoms with E-state index in [4.69, 9.17) is 14.2 Å². The van der Waals surface area contributed by atoms with E-state index >= 15 is 0 Å². The average Bonchev–Trinajstić information content (AvgIpc) is 2.55. The minimum atomic E-state index is -0.114. The lowest BCUT2D eigenvalue weighted by Crippen LogP contribution is -2.33. The first kappa shape index (κ1) is 18.6. The summed E-state index contributed by atoms with van der Waals surface area (Å²) in [6.07, 6.45) is 0.876. The quantitative estimate of drug-likeness (QED) is 0.659. The van der Waals surface area contributed by atoms with Crippen molar-refractivity contribution in [3.8, 4) is 17.2 Å². The van der Waals surface area contributed by atoms with Crippen molar-refractivity contribution in [2.24, 2.45) is 0 Å². The number of benzene rings is 1. The summed E-state index contributed by atoms with van der Waals surface area (Å²) in [5.41, 5.74) is 0.913. The smallest absolute Gasteiger partial charge is 0.220 e. The van der Waals surface area contributed by atoms with Gasteiger partial charge in [-0.25, -0.2) is 0 Å². The normalized spacial score (nSPS) is 9.91. The summed E-state index contributed by atoms with van der Waals surface area (Å²) in [5.74, 6) is 1.46. The number of nitrogens with one attached hydrogen (secondary N) is 2. The van der Waals surface area contributed by atoms with E-state index in [2.05, 4.69) is 10.6 Å². The summed E-state index contributed by atoms with van der Waals surface area (Å²) in [5, 5.41) is 5.36. The van der Waals surface area contributed by atoms with Gasteiger partial charge in [-0.05, 0) is 24.1 Å². The van der Waals surface area contributed by atoms with E-state index in [1.165, 1.54) is 6.92 Å². The highest BCUT2D eigenvalue weighted by molar-refractivity contribution is 5.76. The van der Waals surface area contributed by atoms with E-state index < -0.39 is 0 Å². The SMILES string of the molecule is COc1cc(CCC(=O)NCCNC(C)=O)cc(OC)c1OC. The molecule has 0 atom stereocenters. The van der Waals surface area contributed by atoms with Gasteiger partial charge in [0.05, 0.1) is 21.3 Å². The highest BCUT2D eigenvalue weighted by Crippen LogP contribution is 2.38. The van der Waals surface area contributed by atoms with Crippen LogP contribution in [0, 0.1) is 0 Å². The highest BCUT2D eigenvalue weighted by Gasteiger charge is 2.13. The zero-order valence-electron chi connectivity index (χ0n) is 14.0. The number of amides is 2. The van der Waals surface area contributed by atoms with Crippen LogP contribution in [0.1, 0.15) is 18.9 Å². The first-order chi connectivity index (χ1) is 11.0. The van der Waals surface area contributed by atoms with Crippen molar-refractivity contribution < 1.29 is 23.8 Å². The second-order valence-electron chi connectivity index (χ2n) is 4.87. The van der Waals surface area contributed by atoms with E-state index in [1.54, 1.807) is 21.3 Å². The molecule has 0 spiro atoms. The van der Waals surface area contributed by atoms with Crippen LogP contribution in [0.4, 0.5) is 0 Å². The zero-order valence-corrected chi connectivity index (χ0v) is 14.0. The van der Waals surface area contributed by atoms with Crippen molar-refractivity contribution in [3.63, 3.8) is 0 Å². The molecule has 0 aliphatic carbocycles. The molecule has 2 amide bonds. The van der Waals surface area contributed by atoms with Gasteiger partial charge in [-0.2, -0.15) is 0 Å². The van der Waals surface area contributed by atoms with Crippen LogP contribution in [-0.2, 0) is 16.0 Å². The second-order valence-corrected chi connectivity index (χ2v) is 4.87. The molecule has 0 saturated carbocycles. The molecular weight excluding hydrogens is 300 g/mol. The average molecular weight is 324 g/mol. The Hall–Kier alpha value is -2.44. The van der Waals surface area contributed by atoms with Crippen LogP contribution >= 0.6 is 0 Å². The van der Waals surface area contributed by atoms with Gasteiger partial charge < -0.3 is 24.8 Å². The summed E-state index contributed by atoms with van der Waals surface area (Å²) in [6, 6.07) is 3.65. The number of methoxy groups -OCH3 is 3. The maximum Gasteiger partial charge on any atom is 0.220 e. The van der Waals surface area contributed by atoms with Crippen LogP contribution in [0.2, 0.25) is 0 Å².